The van der Waals surface area contributed by atoms with E-state index in [0.717, 1.165) is 12.4 Å². The quantitative estimate of drug-likeness (QED) is 0.862. The van der Waals surface area contributed by atoms with Crippen molar-refractivity contribution in [3.8, 4) is 6.07 Å². The molecule has 0 aliphatic carbocycles. The van der Waals surface area contributed by atoms with E-state index >= 15 is 0 Å². The number of nitriles is 1. The van der Waals surface area contributed by atoms with Crippen LogP contribution in [0.2, 0.25) is 0 Å². The molecule has 0 aliphatic rings. The van der Waals surface area contributed by atoms with Gasteiger partial charge in [-0.15, -0.1) is 0 Å². The summed E-state index contributed by atoms with van der Waals surface area (Å²) in [4.78, 5) is 8.15. The van der Waals surface area contributed by atoms with Crippen molar-refractivity contribution in [2.24, 2.45) is 0 Å². The van der Waals surface area contributed by atoms with Crippen molar-refractivity contribution in [1.82, 2.24) is 14.5 Å². The van der Waals surface area contributed by atoms with E-state index in [2.05, 4.69) is 22.2 Å². The Labute approximate surface area is 99.7 Å². The van der Waals surface area contributed by atoms with Gasteiger partial charge in [-0.25, -0.2) is 9.97 Å². The monoisotopic (exact) mass is 227 g/mol. The van der Waals surface area contributed by atoms with Crippen LogP contribution in [0.4, 0.5) is 5.82 Å². The Kier molecular flexibility index (Phi) is 3.36. The first-order chi connectivity index (χ1) is 8.28. The number of imidazole rings is 1. The van der Waals surface area contributed by atoms with Crippen LogP contribution in [0.3, 0.4) is 0 Å². The van der Waals surface area contributed by atoms with Gasteiger partial charge in [-0.2, -0.15) is 5.26 Å². The second kappa shape index (κ2) is 5.12. The van der Waals surface area contributed by atoms with Gasteiger partial charge >= 0.3 is 0 Å². The molecule has 1 unspecified atom stereocenters. The minimum absolute atomic E-state index is 0.214. The zero-order chi connectivity index (χ0) is 12.1. The van der Waals surface area contributed by atoms with Crippen LogP contribution in [0.5, 0.6) is 0 Å². The molecule has 5 nitrogen and oxygen atoms in total. The van der Waals surface area contributed by atoms with Gasteiger partial charge in [0, 0.05) is 25.0 Å². The fraction of sp³-hybridized carbons (Fsp3) is 0.250. The molecule has 0 bridgehead atoms. The van der Waals surface area contributed by atoms with Crippen LogP contribution in [0.1, 0.15) is 12.6 Å². The topological polar surface area (TPSA) is 66.5 Å². The summed E-state index contributed by atoms with van der Waals surface area (Å²) < 4.78 is 1.99. The molecule has 0 saturated carbocycles. The maximum absolute atomic E-state index is 8.75. The molecule has 0 amide bonds. The average molecular weight is 227 g/mol. The largest absolute Gasteiger partial charge is 0.366 e. The van der Waals surface area contributed by atoms with Crippen molar-refractivity contribution in [2.45, 2.75) is 19.5 Å². The van der Waals surface area contributed by atoms with E-state index in [1.807, 2.05) is 29.0 Å². The lowest BCUT2D eigenvalue weighted by Gasteiger charge is -2.14. The SMILES string of the molecule is CC(Cn1ccnc1)Nc1cccc(C#N)n1. The van der Waals surface area contributed by atoms with Gasteiger partial charge in [0.15, 0.2) is 0 Å². The van der Waals surface area contributed by atoms with E-state index in [4.69, 9.17) is 5.26 Å². The average Bonchev–Trinajstić information content (AvgIpc) is 2.82. The number of nitrogens with one attached hydrogen (secondary N) is 1. The van der Waals surface area contributed by atoms with Crippen molar-refractivity contribution in [2.75, 3.05) is 5.32 Å². The van der Waals surface area contributed by atoms with Gasteiger partial charge in [0.25, 0.3) is 0 Å². The smallest absolute Gasteiger partial charge is 0.142 e. The van der Waals surface area contributed by atoms with E-state index in [-0.39, 0.29) is 6.04 Å². The number of hydrogen-bond acceptors (Lipinski definition) is 4. The van der Waals surface area contributed by atoms with Crippen LogP contribution in [0.25, 0.3) is 0 Å². The summed E-state index contributed by atoms with van der Waals surface area (Å²) in [6, 6.07) is 7.59. The first kappa shape index (κ1) is 11.1. The van der Waals surface area contributed by atoms with E-state index in [1.165, 1.54) is 0 Å². The van der Waals surface area contributed by atoms with Crippen molar-refractivity contribution in [3.63, 3.8) is 0 Å². The number of aromatic nitrogens is 3. The predicted octanol–water partition coefficient (Wildman–Crippen LogP) is 1.65. The molecule has 17 heavy (non-hydrogen) atoms. The van der Waals surface area contributed by atoms with Crippen LogP contribution in [0.15, 0.2) is 36.9 Å². The fourth-order valence-corrected chi connectivity index (χ4v) is 1.59. The van der Waals surface area contributed by atoms with Crippen molar-refractivity contribution in [3.05, 3.63) is 42.6 Å². The standard InChI is InChI=1S/C12H13N5/c1-10(8-17-6-5-14-9-17)15-12-4-2-3-11(7-13)16-12/h2-6,9-10H,8H2,1H3,(H,15,16). The molecule has 0 spiro atoms. The molecule has 0 fully saturated rings. The third kappa shape index (κ3) is 3.05. The summed E-state index contributed by atoms with van der Waals surface area (Å²) in [5, 5.41) is 12.0. The molecule has 86 valence electrons. The first-order valence-corrected chi connectivity index (χ1v) is 5.37. The molecular formula is C12H13N5. The van der Waals surface area contributed by atoms with Gasteiger partial charge < -0.3 is 9.88 Å². The number of nitrogens with zero attached hydrogens (tertiary/aromatic N) is 4. The lowest BCUT2D eigenvalue weighted by Crippen LogP contribution is -2.21. The summed E-state index contributed by atoms with van der Waals surface area (Å²) >= 11 is 0. The zero-order valence-electron chi connectivity index (χ0n) is 9.54. The molecule has 1 N–H and O–H groups in total. The molecule has 1 atom stereocenters. The molecule has 5 heteroatoms. The van der Waals surface area contributed by atoms with Crippen LogP contribution in [-0.2, 0) is 6.54 Å². The lowest BCUT2D eigenvalue weighted by atomic mass is 10.3. The molecule has 0 saturated heterocycles. The number of hydrogen-bond donors (Lipinski definition) is 1. The molecule has 2 aromatic rings. The van der Waals surface area contributed by atoms with Gasteiger partial charge in [0.1, 0.15) is 17.6 Å². The Morgan fingerprint density at radius 2 is 2.41 bits per heavy atom. The van der Waals surface area contributed by atoms with Crippen LogP contribution < -0.4 is 5.32 Å². The van der Waals surface area contributed by atoms with Gasteiger partial charge in [-0.05, 0) is 19.1 Å². The molecule has 0 aliphatic heterocycles. The Balaban J connectivity index is 1.98. The summed E-state index contributed by atoms with van der Waals surface area (Å²) in [6.45, 7) is 2.86. The summed E-state index contributed by atoms with van der Waals surface area (Å²) in [5.74, 6) is 0.719. The number of rotatable bonds is 4. The third-order valence-corrected chi connectivity index (χ3v) is 2.30. The maximum atomic E-state index is 8.75. The first-order valence-electron chi connectivity index (χ1n) is 5.37. The van der Waals surface area contributed by atoms with E-state index in [0.29, 0.717) is 5.69 Å². The van der Waals surface area contributed by atoms with Crippen LogP contribution in [0, 0.1) is 11.3 Å². The predicted molar refractivity (Wildman–Crippen MR) is 64.3 cm³/mol. The Morgan fingerprint density at radius 1 is 1.53 bits per heavy atom. The van der Waals surface area contributed by atoms with Gasteiger partial charge in [0.05, 0.1) is 6.33 Å². The second-order valence-electron chi connectivity index (χ2n) is 3.82. The summed E-state index contributed by atoms with van der Waals surface area (Å²) in [6.07, 6.45) is 5.44. The minimum Gasteiger partial charge on any atom is -0.366 e. The number of pyridine rings is 1. The van der Waals surface area contributed by atoms with Gasteiger partial charge in [-0.1, -0.05) is 6.07 Å². The highest BCUT2D eigenvalue weighted by molar-refractivity contribution is 5.38. The Hall–Kier alpha value is -2.35. The Morgan fingerprint density at radius 3 is 3.12 bits per heavy atom. The highest BCUT2D eigenvalue weighted by atomic mass is 15.1. The zero-order valence-corrected chi connectivity index (χ0v) is 9.54. The highest BCUT2D eigenvalue weighted by Crippen LogP contribution is 2.06. The van der Waals surface area contributed by atoms with Crippen LogP contribution >= 0.6 is 0 Å². The number of anilines is 1. The Bertz CT molecular complexity index is 512. The molecule has 0 radical (unpaired) electrons. The maximum Gasteiger partial charge on any atom is 0.142 e. The van der Waals surface area contributed by atoms with E-state index in [1.54, 1.807) is 18.6 Å². The summed E-state index contributed by atoms with van der Waals surface area (Å²) in [7, 11) is 0. The van der Waals surface area contributed by atoms with Gasteiger partial charge in [0.2, 0.25) is 0 Å². The summed E-state index contributed by atoms with van der Waals surface area (Å²) in [5.41, 5.74) is 0.421. The molecule has 2 heterocycles. The highest BCUT2D eigenvalue weighted by Gasteiger charge is 2.04. The van der Waals surface area contributed by atoms with Crippen LogP contribution in [-0.4, -0.2) is 20.6 Å². The second-order valence-corrected chi connectivity index (χ2v) is 3.82. The van der Waals surface area contributed by atoms with Crippen molar-refractivity contribution in [1.29, 1.82) is 5.26 Å². The molecular weight excluding hydrogens is 214 g/mol. The van der Waals surface area contributed by atoms with Crippen molar-refractivity contribution < 1.29 is 0 Å². The minimum atomic E-state index is 0.214. The molecule has 2 aromatic heterocycles. The van der Waals surface area contributed by atoms with E-state index < -0.39 is 0 Å². The fourth-order valence-electron chi connectivity index (χ4n) is 1.59. The lowest BCUT2D eigenvalue weighted by molar-refractivity contribution is 0.617. The third-order valence-electron chi connectivity index (χ3n) is 2.30. The normalized spacial score (nSPS) is 11.8. The molecule has 2 rings (SSSR count). The van der Waals surface area contributed by atoms with Gasteiger partial charge in [-0.3, -0.25) is 0 Å². The van der Waals surface area contributed by atoms with E-state index in [9.17, 15) is 0 Å². The van der Waals surface area contributed by atoms with Crippen molar-refractivity contribution >= 4 is 5.82 Å². The molecule has 0 aromatic carbocycles.